The van der Waals surface area contributed by atoms with Crippen molar-refractivity contribution >= 4 is 0 Å². The number of halogens is 1. The Bertz CT molecular complexity index is 679. The number of hydrogen-bond donors (Lipinski definition) is 0. The highest BCUT2D eigenvalue weighted by Gasteiger charge is 2.16. The average Bonchev–Trinajstić information content (AvgIpc) is 2.55. The molecule has 1 aliphatic rings. The van der Waals surface area contributed by atoms with Gasteiger partial charge in [-0.05, 0) is 37.5 Å². The lowest BCUT2D eigenvalue weighted by molar-refractivity contribution is -0.0341. The van der Waals surface area contributed by atoms with Crippen LogP contribution in [0, 0.1) is 5.82 Å². The molecule has 3 heterocycles. The van der Waals surface area contributed by atoms with Crippen LogP contribution < -0.4 is 10.3 Å². The van der Waals surface area contributed by atoms with Crippen molar-refractivity contribution in [2.45, 2.75) is 32.1 Å². The molecule has 5 nitrogen and oxygen atoms in total. The highest BCUT2D eigenvalue weighted by molar-refractivity contribution is 5.19. The van der Waals surface area contributed by atoms with Crippen LogP contribution in [0.5, 0.6) is 5.75 Å². The first-order valence-electron chi connectivity index (χ1n) is 7.29. The van der Waals surface area contributed by atoms with Crippen LogP contribution in [-0.4, -0.2) is 16.2 Å². The molecule has 2 aromatic rings. The van der Waals surface area contributed by atoms with E-state index in [2.05, 4.69) is 4.98 Å². The zero-order chi connectivity index (χ0) is 15.4. The number of rotatable bonds is 4. The van der Waals surface area contributed by atoms with Gasteiger partial charge in [0.25, 0.3) is 5.56 Å². The maximum absolute atomic E-state index is 12.8. The minimum atomic E-state index is -0.390. The summed E-state index contributed by atoms with van der Waals surface area (Å²) in [7, 11) is 0. The molecule has 0 aromatic carbocycles. The molecule has 22 heavy (non-hydrogen) atoms. The van der Waals surface area contributed by atoms with Crippen LogP contribution in [0.4, 0.5) is 4.39 Å². The minimum Gasteiger partial charge on any atom is -0.487 e. The Labute approximate surface area is 127 Å². The molecule has 116 valence electrons. The molecule has 1 saturated heterocycles. The van der Waals surface area contributed by atoms with Crippen LogP contribution in [0.15, 0.2) is 41.5 Å². The molecule has 6 heteroatoms. The van der Waals surface area contributed by atoms with Gasteiger partial charge in [0.1, 0.15) is 24.4 Å². The van der Waals surface area contributed by atoms with Gasteiger partial charge < -0.3 is 9.47 Å². The van der Waals surface area contributed by atoms with Crippen LogP contribution in [0.25, 0.3) is 0 Å². The first kappa shape index (κ1) is 14.7. The summed E-state index contributed by atoms with van der Waals surface area (Å²) in [6.07, 6.45) is 5.58. The molecule has 0 radical (unpaired) electrons. The first-order valence-corrected chi connectivity index (χ1v) is 7.29. The molecule has 0 N–H and O–H groups in total. The van der Waals surface area contributed by atoms with Gasteiger partial charge in [-0.25, -0.2) is 4.39 Å². The topological polar surface area (TPSA) is 53.3 Å². The second-order valence-corrected chi connectivity index (χ2v) is 5.19. The van der Waals surface area contributed by atoms with E-state index in [1.807, 2.05) is 0 Å². The molecule has 1 aliphatic heterocycles. The summed E-state index contributed by atoms with van der Waals surface area (Å²) in [5, 5.41) is 0. The fourth-order valence-corrected chi connectivity index (χ4v) is 2.39. The lowest BCUT2D eigenvalue weighted by Crippen LogP contribution is -2.27. The highest BCUT2D eigenvalue weighted by Crippen LogP contribution is 2.21. The summed E-state index contributed by atoms with van der Waals surface area (Å²) in [4.78, 5) is 16.0. The van der Waals surface area contributed by atoms with Crippen molar-refractivity contribution in [1.29, 1.82) is 0 Å². The molecule has 3 rings (SSSR count). The molecule has 0 aliphatic carbocycles. The Hall–Kier alpha value is -2.21. The van der Waals surface area contributed by atoms with Gasteiger partial charge in [-0.2, -0.15) is 0 Å². The third-order valence-corrected chi connectivity index (χ3v) is 3.56. The van der Waals surface area contributed by atoms with E-state index >= 15 is 0 Å². The Morgan fingerprint density at radius 2 is 2.27 bits per heavy atom. The summed E-state index contributed by atoms with van der Waals surface area (Å²) in [6, 6.07) is 6.03. The van der Waals surface area contributed by atoms with Gasteiger partial charge in [0.05, 0.1) is 11.9 Å². The average molecular weight is 304 g/mol. The zero-order valence-corrected chi connectivity index (χ0v) is 12.1. The molecule has 1 fully saturated rings. The molecule has 1 atom stereocenters. The number of ether oxygens (including phenoxy) is 2. The van der Waals surface area contributed by atoms with Crippen LogP contribution in [0.3, 0.4) is 0 Å². The Morgan fingerprint density at radius 3 is 2.95 bits per heavy atom. The fraction of sp³-hybridized carbons (Fsp3) is 0.375. The van der Waals surface area contributed by atoms with Crippen LogP contribution in [0.2, 0.25) is 0 Å². The van der Waals surface area contributed by atoms with Gasteiger partial charge in [-0.15, -0.1) is 0 Å². The molecule has 0 amide bonds. The third-order valence-electron chi connectivity index (χ3n) is 3.56. The maximum atomic E-state index is 12.8. The van der Waals surface area contributed by atoms with E-state index in [1.165, 1.54) is 12.1 Å². The summed E-state index contributed by atoms with van der Waals surface area (Å²) >= 11 is 0. The van der Waals surface area contributed by atoms with Gasteiger partial charge in [0, 0.05) is 18.9 Å². The Kier molecular flexibility index (Phi) is 4.48. The van der Waals surface area contributed by atoms with Gasteiger partial charge in [-0.3, -0.25) is 14.3 Å². The molecular weight excluding hydrogens is 287 g/mol. The largest absolute Gasteiger partial charge is 0.487 e. The number of nitrogens with zero attached hydrogens (tertiary/aromatic N) is 2. The van der Waals surface area contributed by atoms with E-state index in [9.17, 15) is 9.18 Å². The number of aromatic nitrogens is 2. The molecule has 0 spiro atoms. The monoisotopic (exact) mass is 304 g/mol. The SMILES string of the molecule is O=c1cc(OCc2ccc(F)cn2)ccn1C1CCCCO1. The van der Waals surface area contributed by atoms with Gasteiger partial charge in [-0.1, -0.05) is 0 Å². The Morgan fingerprint density at radius 1 is 1.36 bits per heavy atom. The van der Waals surface area contributed by atoms with Crippen molar-refractivity contribution in [3.63, 3.8) is 0 Å². The van der Waals surface area contributed by atoms with E-state index in [0.717, 1.165) is 25.5 Å². The lowest BCUT2D eigenvalue weighted by Gasteiger charge is -2.24. The van der Waals surface area contributed by atoms with Crippen molar-refractivity contribution in [2.75, 3.05) is 6.61 Å². The third kappa shape index (κ3) is 3.51. The predicted octanol–water partition coefficient (Wildman–Crippen LogP) is 2.66. The smallest absolute Gasteiger partial charge is 0.256 e. The summed E-state index contributed by atoms with van der Waals surface area (Å²) in [6.45, 7) is 0.870. The van der Waals surface area contributed by atoms with Gasteiger partial charge in [0.2, 0.25) is 0 Å². The maximum Gasteiger partial charge on any atom is 0.256 e. The van der Waals surface area contributed by atoms with Crippen molar-refractivity contribution in [3.05, 3.63) is 58.5 Å². The summed E-state index contributed by atoms with van der Waals surface area (Å²) < 4.78 is 25.5. The van der Waals surface area contributed by atoms with E-state index in [0.29, 0.717) is 18.1 Å². The first-order chi connectivity index (χ1) is 10.7. The van der Waals surface area contributed by atoms with Crippen LogP contribution in [-0.2, 0) is 11.3 Å². The minimum absolute atomic E-state index is 0.156. The quantitative estimate of drug-likeness (QED) is 0.871. The van der Waals surface area contributed by atoms with Crippen molar-refractivity contribution in [3.8, 4) is 5.75 Å². The van der Waals surface area contributed by atoms with Crippen LogP contribution >= 0.6 is 0 Å². The van der Waals surface area contributed by atoms with E-state index in [4.69, 9.17) is 9.47 Å². The number of pyridine rings is 2. The van der Waals surface area contributed by atoms with E-state index in [-0.39, 0.29) is 24.2 Å². The fourth-order valence-electron chi connectivity index (χ4n) is 2.39. The molecule has 2 aromatic heterocycles. The highest BCUT2D eigenvalue weighted by atomic mass is 19.1. The predicted molar refractivity (Wildman–Crippen MR) is 78.1 cm³/mol. The van der Waals surface area contributed by atoms with Gasteiger partial charge >= 0.3 is 0 Å². The number of hydrogen-bond acceptors (Lipinski definition) is 4. The lowest BCUT2D eigenvalue weighted by atomic mass is 10.2. The molecule has 0 bridgehead atoms. The van der Waals surface area contributed by atoms with Crippen molar-refractivity contribution in [1.82, 2.24) is 9.55 Å². The second kappa shape index (κ2) is 6.70. The second-order valence-electron chi connectivity index (χ2n) is 5.19. The van der Waals surface area contributed by atoms with Gasteiger partial charge in [0.15, 0.2) is 0 Å². The summed E-state index contributed by atoms with van der Waals surface area (Å²) in [5.41, 5.74) is 0.442. The van der Waals surface area contributed by atoms with Crippen molar-refractivity contribution in [2.24, 2.45) is 0 Å². The Balaban J connectivity index is 1.66. The molecule has 1 unspecified atom stereocenters. The zero-order valence-electron chi connectivity index (χ0n) is 12.1. The van der Waals surface area contributed by atoms with Crippen molar-refractivity contribution < 1.29 is 13.9 Å². The standard InChI is InChI=1S/C16H17FN2O3/c17-12-4-5-13(18-10-12)11-22-14-6-7-19(15(20)9-14)16-3-1-2-8-21-16/h4-7,9-10,16H,1-3,8,11H2. The molecule has 0 saturated carbocycles. The van der Waals surface area contributed by atoms with Crippen LogP contribution in [0.1, 0.15) is 31.2 Å². The normalized spacial score (nSPS) is 18.1. The van der Waals surface area contributed by atoms with E-state index in [1.54, 1.807) is 22.9 Å². The molecular formula is C16H17FN2O3. The van der Waals surface area contributed by atoms with E-state index < -0.39 is 0 Å². The summed E-state index contributed by atoms with van der Waals surface area (Å²) in [5.74, 6) is 0.0713.